The van der Waals surface area contributed by atoms with Gasteiger partial charge in [0, 0.05) is 22.6 Å². The van der Waals surface area contributed by atoms with Crippen LogP contribution in [-0.4, -0.2) is 16.7 Å². The van der Waals surface area contributed by atoms with Crippen LogP contribution in [0.1, 0.15) is 45.7 Å². The zero-order chi connectivity index (χ0) is 23.8. The Bertz CT molecular complexity index is 1400. The second-order valence-corrected chi connectivity index (χ2v) is 8.92. The van der Waals surface area contributed by atoms with Crippen molar-refractivity contribution in [2.45, 2.75) is 18.7 Å². The Labute approximate surface area is 208 Å². The summed E-state index contributed by atoms with van der Waals surface area (Å²) in [5, 5.41) is 7.70. The molecule has 0 aromatic heterocycles. The largest absolute Gasteiger partial charge is 0.464 e. The smallest absolute Gasteiger partial charge is 0.343 e. The fourth-order valence-corrected chi connectivity index (χ4v) is 4.64. The van der Waals surface area contributed by atoms with Crippen LogP contribution in [-0.2, 0) is 0 Å². The van der Waals surface area contributed by atoms with Gasteiger partial charge >= 0.3 is 5.97 Å². The van der Waals surface area contributed by atoms with Crippen molar-refractivity contribution < 1.29 is 14.3 Å². The Balaban J connectivity index is 1.29. The van der Waals surface area contributed by atoms with Gasteiger partial charge in [0.1, 0.15) is 11.5 Å². The van der Waals surface area contributed by atoms with Gasteiger partial charge in [0.2, 0.25) is 6.23 Å². The Kier molecular flexibility index (Phi) is 5.47. The summed E-state index contributed by atoms with van der Waals surface area (Å²) in [6.07, 6.45) is 0.365. The lowest BCUT2D eigenvalue weighted by molar-refractivity contribution is -0.0190. The molecular weight excluding hydrogens is 460 g/mol. The molecule has 4 aromatic rings. The van der Waals surface area contributed by atoms with E-state index in [0.717, 1.165) is 34.6 Å². The molecule has 0 fully saturated rings. The summed E-state index contributed by atoms with van der Waals surface area (Å²) in [7, 11) is 0. The number of hydrazone groups is 1. The number of carbonyl (C=O) groups excluding carboxylic acids is 1. The van der Waals surface area contributed by atoms with Crippen LogP contribution in [0.15, 0.2) is 108 Å². The first-order chi connectivity index (χ1) is 17.2. The zero-order valence-electron chi connectivity index (χ0n) is 18.7. The van der Waals surface area contributed by atoms with E-state index in [1.54, 1.807) is 24.3 Å². The van der Waals surface area contributed by atoms with Crippen molar-refractivity contribution in [3.63, 3.8) is 0 Å². The van der Waals surface area contributed by atoms with Gasteiger partial charge in [-0.2, -0.15) is 5.10 Å². The van der Waals surface area contributed by atoms with E-state index in [1.807, 2.05) is 77.8 Å². The summed E-state index contributed by atoms with van der Waals surface area (Å²) in [5.41, 5.74) is 4.58. The number of ether oxygens (including phenoxy) is 2. The first-order valence-electron chi connectivity index (χ1n) is 11.4. The first kappa shape index (κ1) is 21.4. The van der Waals surface area contributed by atoms with Gasteiger partial charge in [-0.25, -0.2) is 9.80 Å². The minimum atomic E-state index is -0.404. The molecule has 5 nitrogen and oxygen atoms in total. The maximum absolute atomic E-state index is 12.4. The number of fused-ring (bicyclic) bond motifs is 3. The molecule has 2 aliphatic heterocycles. The van der Waals surface area contributed by atoms with Crippen LogP contribution in [0.25, 0.3) is 0 Å². The highest BCUT2D eigenvalue weighted by Crippen LogP contribution is 2.47. The molecule has 6 heteroatoms. The summed E-state index contributed by atoms with van der Waals surface area (Å²) in [5.74, 6) is 0.936. The maximum atomic E-state index is 12.4. The molecule has 0 saturated heterocycles. The quantitative estimate of drug-likeness (QED) is 0.238. The van der Waals surface area contributed by atoms with Crippen LogP contribution >= 0.6 is 11.6 Å². The number of hydrogen-bond acceptors (Lipinski definition) is 5. The average Bonchev–Trinajstić information content (AvgIpc) is 3.35. The minimum Gasteiger partial charge on any atom is -0.464 e. The van der Waals surface area contributed by atoms with E-state index in [1.165, 1.54) is 0 Å². The summed E-state index contributed by atoms with van der Waals surface area (Å²) in [6, 6.07) is 32.3. The molecule has 0 spiro atoms. The van der Waals surface area contributed by atoms with E-state index in [0.29, 0.717) is 16.3 Å². The van der Waals surface area contributed by atoms with Gasteiger partial charge in [-0.05, 0) is 60.2 Å². The molecule has 2 heterocycles. The van der Waals surface area contributed by atoms with Crippen LogP contribution in [0.5, 0.6) is 11.5 Å². The topological polar surface area (TPSA) is 51.1 Å². The van der Waals surface area contributed by atoms with Crippen molar-refractivity contribution in [2.75, 3.05) is 0 Å². The third-order valence-electron chi connectivity index (χ3n) is 6.26. The highest BCUT2D eigenvalue weighted by molar-refractivity contribution is 6.30. The maximum Gasteiger partial charge on any atom is 0.343 e. The fourth-order valence-electron chi connectivity index (χ4n) is 4.51. The Morgan fingerprint density at radius 3 is 2.37 bits per heavy atom. The predicted molar refractivity (Wildman–Crippen MR) is 135 cm³/mol. The molecule has 35 heavy (non-hydrogen) atoms. The average molecular weight is 481 g/mol. The molecule has 0 N–H and O–H groups in total. The Morgan fingerprint density at radius 2 is 1.60 bits per heavy atom. The zero-order valence-corrected chi connectivity index (χ0v) is 19.4. The van der Waals surface area contributed by atoms with Crippen molar-refractivity contribution in [1.29, 1.82) is 0 Å². The predicted octanol–water partition coefficient (Wildman–Crippen LogP) is 6.80. The van der Waals surface area contributed by atoms with Crippen molar-refractivity contribution in [2.24, 2.45) is 5.10 Å². The number of esters is 1. The number of para-hydroxylation sites is 1. The number of halogens is 1. The molecule has 0 bridgehead atoms. The lowest BCUT2D eigenvalue weighted by Gasteiger charge is -2.38. The van der Waals surface area contributed by atoms with Crippen molar-refractivity contribution in [3.05, 3.63) is 130 Å². The van der Waals surface area contributed by atoms with E-state index in [4.69, 9.17) is 26.2 Å². The molecule has 172 valence electrons. The first-order valence-corrected chi connectivity index (χ1v) is 11.8. The molecule has 6 rings (SSSR count). The van der Waals surface area contributed by atoms with E-state index < -0.39 is 12.2 Å². The van der Waals surface area contributed by atoms with Crippen molar-refractivity contribution in [1.82, 2.24) is 5.01 Å². The SMILES string of the molecule is O=C(Oc1ccc([C@H]2Oc3ccccc3[C@@H]3CC(c4ccc(Cl)cc4)=NN23)cc1)c1ccccc1. The van der Waals surface area contributed by atoms with E-state index in [9.17, 15) is 4.79 Å². The van der Waals surface area contributed by atoms with Gasteiger partial charge in [0.25, 0.3) is 0 Å². The van der Waals surface area contributed by atoms with Gasteiger partial charge < -0.3 is 9.47 Å². The second kappa shape index (κ2) is 8.93. The summed E-state index contributed by atoms with van der Waals surface area (Å²) < 4.78 is 12.0. The molecular formula is C29H21ClN2O3. The Morgan fingerprint density at radius 1 is 0.886 bits per heavy atom. The normalized spacial score (nSPS) is 18.2. The van der Waals surface area contributed by atoms with Crippen LogP contribution in [0.3, 0.4) is 0 Å². The minimum absolute atomic E-state index is 0.0613. The third-order valence-corrected chi connectivity index (χ3v) is 6.51. The molecule has 2 atom stereocenters. The summed E-state index contributed by atoms with van der Waals surface area (Å²) in [6.45, 7) is 0. The van der Waals surface area contributed by atoms with E-state index in [-0.39, 0.29) is 6.04 Å². The van der Waals surface area contributed by atoms with Crippen molar-refractivity contribution in [3.8, 4) is 11.5 Å². The highest BCUT2D eigenvalue weighted by Gasteiger charge is 2.40. The molecule has 0 unspecified atom stereocenters. The number of nitrogens with zero attached hydrogens (tertiary/aromatic N) is 2. The summed E-state index contributed by atoms with van der Waals surface area (Å²) >= 11 is 6.09. The van der Waals surface area contributed by atoms with Gasteiger partial charge in [-0.3, -0.25) is 0 Å². The van der Waals surface area contributed by atoms with Crippen LogP contribution in [0.4, 0.5) is 0 Å². The van der Waals surface area contributed by atoms with Crippen LogP contribution < -0.4 is 9.47 Å². The van der Waals surface area contributed by atoms with Crippen molar-refractivity contribution >= 4 is 23.3 Å². The standard InChI is InChI=1S/C29H21ClN2O3/c30-22-14-10-19(11-15-22)25-18-26-24-8-4-5-9-27(24)35-28(32(26)31-25)20-12-16-23(17-13-20)34-29(33)21-6-2-1-3-7-21/h1-17,26,28H,18H2/t26-,28+/m0/s1. The number of carbonyl (C=O) groups is 1. The summed E-state index contributed by atoms with van der Waals surface area (Å²) in [4.78, 5) is 12.4. The van der Waals surface area contributed by atoms with Gasteiger partial charge in [0.05, 0.1) is 17.3 Å². The molecule has 0 saturated carbocycles. The van der Waals surface area contributed by atoms with Gasteiger partial charge in [-0.1, -0.05) is 60.1 Å². The van der Waals surface area contributed by atoms with Gasteiger partial charge in [-0.15, -0.1) is 0 Å². The van der Waals surface area contributed by atoms with Crippen LogP contribution in [0.2, 0.25) is 5.02 Å². The lowest BCUT2D eigenvalue weighted by atomic mass is 9.96. The molecule has 0 radical (unpaired) electrons. The second-order valence-electron chi connectivity index (χ2n) is 8.49. The third kappa shape index (κ3) is 4.15. The van der Waals surface area contributed by atoms with E-state index >= 15 is 0 Å². The molecule has 0 aliphatic carbocycles. The monoisotopic (exact) mass is 480 g/mol. The molecule has 4 aromatic carbocycles. The highest BCUT2D eigenvalue weighted by atomic mass is 35.5. The molecule has 0 amide bonds. The number of hydrogen-bond donors (Lipinski definition) is 0. The van der Waals surface area contributed by atoms with Gasteiger partial charge in [0.15, 0.2) is 0 Å². The molecule has 2 aliphatic rings. The van der Waals surface area contributed by atoms with E-state index in [2.05, 4.69) is 6.07 Å². The lowest BCUT2D eigenvalue weighted by Crippen LogP contribution is -2.33. The fraction of sp³-hybridized carbons (Fsp3) is 0.103. The van der Waals surface area contributed by atoms with Crippen LogP contribution in [0, 0.1) is 0 Å². The Hall–Kier alpha value is -4.09. The number of rotatable bonds is 4. The number of benzene rings is 4.